The van der Waals surface area contributed by atoms with Crippen LogP contribution in [-0.4, -0.2) is 49.2 Å². The Labute approximate surface area is 171 Å². The molecule has 28 heavy (non-hydrogen) atoms. The number of hydrogen-bond donors (Lipinski definition) is 1. The number of morpholine rings is 1. The molecule has 1 amide bonds. The Hall–Kier alpha value is -2.08. The summed E-state index contributed by atoms with van der Waals surface area (Å²) in [6, 6.07) is 14.8. The van der Waals surface area contributed by atoms with E-state index in [0.29, 0.717) is 29.5 Å². The van der Waals surface area contributed by atoms with E-state index in [-0.39, 0.29) is 11.4 Å². The molecule has 0 unspecified atom stereocenters. The number of nitrogens with zero attached hydrogens (tertiary/aromatic N) is 1. The standard InChI is InChI=1S/C22H27ClN2O3/c1-22(2,25-11-13-27-14-12-25)16-24-21(26)19-5-3-4-6-20(19)28-15-17-7-9-18(23)10-8-17/h3-10H,11-16H2,1-2H3,(H,24,26). The van der Waals surface area contributed by atoms with Crippen molar-refractivity contribution in [2.45, 2.75) is 26.0 Å². The predicted octanol–water partition coefficient (Wildman–Crippen LogP) is 3.76. The lowest BCUT2D eigenvalue weighted by atomic mass is 10.0. The second-order valence-corrected chi connectivity index (χ2v) is 7.94. The fourth-order valence-electron chi connectivity index (χ4n) is 3.19. The van der Waals surface area contributed by atoms with Gasteiger partial charge in [-0.05, 0) is 43.7 Å². The third-order valence-corrected chi connectivity index (χ3v) is 5.24. The van der Waals surface area contributed by atoms with Crippen LogP contribution >= 0.6 is 11.6 Å². The topological polar surface area (TPSA) is 50.8 Å². The van der Waals surface area contributed by atoms with Crippen LogP contribution in [0.5, 0.6) is 5.75 Å². The highest BCUT2D eigenvalue weighted by molar-refractivity contribution is 6.30. The molecular formula is C22H27ClN2O3. The summed E-state index contributed by atoms with van der Waals surface area (Å²) in [5.74, 6) is 0.437. The second kappa shape index (κ2) is 9.41. The highest BCUT2D eigenvalue weighted by Crippen LogP contribution is 2.21. The van der Waals surface area contributed by atoms with E-state index in [1.165, 1.54) is 0 Å². The molecule has 2 aromatic rings. The molecule has 1 N–H and O–H groups in total. The number of carbonyl (C=O) groups is 1. The molecule has 0 aromatic heterocycles. The first-order chi connectivity index (χ1) is 13.5. The van der Waals surface area contributed by atoms with Crippen LogP contribution in [-0.2, 0) is 11.3 Å². The lowest BCUT2D eigenvalue weighted by Gasteiger charge is -2.40. The molecule has 0 bridgehead atoms. The van der Waals surface area contributed by atoms with Crippen LogP contribution in [0.15, 0.2) is 48.5 Å². The van der Waals surface area contributed by atoms with Gasteiger partial charge in [-0.2, -0.15) is 0 Å². The van der Waals surface area contributed by atoms with Gasteiger partial charge in [0.05, 0.1) is 18.8 Å². The molecular weight excluding hydrogens is 376 g/mol. The molecule has 5 nitrogen and oxygen atoms in total. The van der Waals surface area contributed by atoms with Crippen molar-refractivity contribution in [3.63, 3.8) is 0 Å². The molecule has 1 heterocycles. The van der Waals surface area contributed by atoms with Gasteiger partial charge < -0.3 is 14.8 Å². The lowest BCUT2D eigenvalue weighted by Crippen LogP contribution is -2.55. The van der Waals surface area contributed by atoms with Gasteiger partial charge in [0, 0.05) is 30.2 Å². The summed E-state index contributed by atoms with van der Waals surface area (Å²) in [5, 5.41) is 3.75. The second-order valence-electron chi connectivity index (χ2n) is 7.51. The highest BCUT2D eigenvalue weighted by atomic mass is 35.5. The van der Waals surface area contributed by atoms with Gasteiger partial charge in [-0.15, -0.1) is 0 Å². The zero-order valence-corrected chi connectivity index (χ0v) is 17.2. The summed E-state index contributed by atoms with van der Waals surface area (Å²) in [7, 11) is 0. The smallest absolute Gasteiger partial charge is 0.255 e. The molecule has 2 aromatic carbocycles. The maximum absolute atomic E-state index is 12.8. The number of carbonyl (C=O) groups excluding carboxylic acids is 1. The largest absolute Gasteiger partial charge is 0.488 e. The molecule has 0 aliphatic carbocycles. The van der Waals surface area contributed by atoms with E-state index in [0.717, 1.165) is 31.9 Å². The van der Waals surface area contributed by atoms with Crippen molar-refractivity contribution >= 4 is 17.5 Å². The Morgan fingerprint density at radius 1 is 1.14 bits per heavy atom. The molecule has 1 aliphatic heterocycles. The quantitative estimate of drug-likeness (QED) is 0.766. The van der Waals surface area contributed by atoms with Crippen LogP contribution in [0.25, 0.3) is 0 Å². The normalized spacial score (nSPS) is 15.2. The third kappa shape index (κ3) is 5.47. The van der Waals surface area contributed by atoms with Gasteiger partial charge in [0.2, 0.25) is 0 Å². The van der Waals surface area contributed by atoms with Gasteiger partial charge in [0.1, 0.15) is 12.4 Å². The monoisotopic (exact) mass is 402 g/mol. The molecule has 0 atom stereocenters. The van der Waals surface area contributed by atoms with Crippen molar-refractivity contribution in [2.24, 2.45) is 0 Å². The summed E-state index contributed by atoms with van der Waals surface area (Å²) in [6.07, 6.45) is 0. The number of benzene rings is 2. The van der Waals surface area contributed by atoms with Gasteiger partial charge in [0.25, 0.3) is 5.91 Å². The van der Waals surface area contributed by atoms with Crippen molar-refractivity contribution in [1.82, 2.24) is 10.2 Å². The molecule has 6 heteroatoms. The van der Waals surface area contributed by atoms with Gasteiger partial charge in [-0.1, -0.05) is 35.9 Å². The van der Waals surface area contributed by atoms with Crippen LogP contribution in [0.2, 0.25) is 5.02 Å². The van der Waals surface area contributed by atoms with Crippen molar-refractivity contribution < 1.29 is 14.3 Å². The van der Waals surface area contributed by atoms with E-state index < -0.39 is 0 Å². The molecule has 0 radical (unpaired) electrons. The SMILES string of the molecule is CC(C)(CNC(=O)c1ccccc1OCc1ccc(Cl)cc1)N1CCOCC1. The van der Waals surface area contributed by atoms with Crippen molar-refractivity contribution in [3.05, 3.63) is 64.7 Å². The Morgan fingerprint density at radius 3 is 2.54 bits per heavy atom. The van der Waals surface area contributed by atoms with E-state index in [9.17, 15) is 4.79 Å². The fourth-order valence-corrected chi connectivity index (χ4v) is 3.32. The van der Waals surface area contributed by atoms with Crippen LogP contribution in [0.4, 0.5) is 0 Å². The zero-order valence-electron chi connectivity index (χ0n) is 16.4. The number of nitrogens with one attached hydrogen (secondary N) is 1. The van der Waals surface area contributed by atoms with E-state index in [2.05, 4.69) is 24.1 Å². The first-order valence-corrected chi connectivity index (χ1v) is 9.91. The minimum Gasteiger partial charge on any atom is -0.488 e. The van der Waals surface area contributed by atoms with Crippen LogP contribution in [0, 0.1) is 0 Å². The first-order valence-electron chi connectivity index (χ1n) is 9.53. The number of halogens is 1. The number of rotatable bonds is 7. The summed E-state index contributed by atoms with van der Waals surface area (Å²) < 4.78 is 11.3. The summed E-state index contributed by atoms with van der Waals surface area (Å²) in [6.45, 7) is 8.44. The molecule has 1 saturated heterocycles. The average Bonchev–Trinajstić information content (AvgIpc) is 2.72. The fraction of sp³-hybridized carbons (Fsp3) is 0.409. The minimum absolute atomic E-state index is 0.131. The number of para-hydroxylation sites is 1. The van der Waals surface area contributed by atoms with E-state index in [4.69, 9.17) is 21.1 Å². The molecule has 1 aliphatic rings. The predicted molar refractivity (Wildman–Crippen MR) is 111 cm³/mol. The number of hydrogen-bond acceptors (Lipinski definition) is 4. The Bertz CT molecular complexity index is 787. The maximum atomic E-state index is 12.8. The summed E-state index contributed by atoms with van der Waals surface area (Å²) in [4.78, 5) is 15.1. The lowest BCUT2D eigenvalue weighted by molar-refractivity contribution is -0.00924. The van der Waals surface area contributed by atoms with Gasteiger partial charge >= 0.3 is 0 Å². The molecule has 0 spiro atoms. The van der Waals surface area contributed by atoms with Crippen molar-refractivity contribution in [2.75, 3.05) is 32.8 Å². The van der Waals surface area contributed by atoms with E-state index in [1.807, 2.05) is 42.5 Å². The van der Waals surface area contributed by atoms with Gasteiger partial charge in [-0.25, -0.2) is 0 Å². The van der Waals surface area contributed by atoms with E-state index in [1.54, 1.807) is 6.07 Å². The number of amides is 1. The maximum Gasteiger partial charge on any atom is 0.255 e. The van der Waals surface area contributed by atoms with Crippen LogP contribution < -0.4 is 10.1 Å². The summed E-state index contributed by atoms with van der Waals surface area (Å²) >= 11 is 5.92. The minimum atomic E-state index is -0.140. The third-order valence-electron chi connectivity index (χ3n) is 4.99. The Balaban J connectivity index is 1.61. The Morgan fingerprint density at radius 2 is 1.82 bits per heavy atom. The number of ether oxygens (including phenoxy) is 2. The van der Waals surface area contributed by atoms with Crippen molar-refractivity contribution in [1.29, 1.82) is 0 Å². The van der Waals surface area contributed by atoms with Gasteiger partial charge in [-0.3, -0.25) is 9.69 Å². The van der Waals surface area contributed by atoms with Gasteiger partial charge in [0.15, 0.2) is 0 Å². The first kappa shape index (κ1) is 20.6. The molecule has 1 fully saturated rings. The van der Waals surface area contributed by atoms with E-state index >= 15 is 0 Å². The highest BCUT2D eigenvalue weighted by Gasteiger charge is 2.29. The average molecular weight is 403 g/mol. The molecule has 150 valence electrons. The van der Waals surface area contributed by atoms with Crippen LogP contribution in [0.3, 0.4) is 0 Å². The van der Waals surface area contributed by atoms with Crippen molar-refractivity contribution in [3.8, 4) is 5.75 Å². The Kier molecular flexibility index (Phi) is 6.94. The van der Waals surface area contributed by atoms with Crippen LogP contribution in [0.1, 0.15) is 29.8 Å². The molecule has 0 saturated carbocycles. The zero-order chi connectivity index (χ0) is 20.0. The summed E-state index contributed by atoms with van der Waals surface area (Å²) in [5.41, 5.74) is 1.39. The molecule has 3 rings (SSSR count).